The topological polar surface area (TPSA) is 43.1 Å². The van der Waals surface area contributed by atoms with Gasteiger partial charge in [-0.1, -0.05) is 86.1 Å². The zero-order chi connectivity index (χ0) is 20.6. The van der Waals surface area contributed by atoms with Gasteiger partial charge in [-0.25, -0.2) is 0 Å². The van der Waals surface area contributed by atoms with E-state index in [-0.39, 0.29) is 5.91 Å². The van der Waals surface area contributed by atoms with Crippen LogP contribution in [0.2, 0.25) is 39.3 Å². The first-order valence-electron chi connectivity index (χ1n) is 10.2. The van der Waals surface area contributed by atoms with E-state index >= 15 is 0 Å². The van der Waals surface area contributed by atoms with Crippen molar-refractivity contribution in [3.8, 4) is 11.1 Å². The summed E-state index contributed by atoms with van der Waals surface area (Å²) in [7, 11) is -4.75. The van der Waals surface area contributed by atoms with Crippen molar-refractivity contribution in [2.75, 3.05) is 0 Å². The number of fused-ring (bicyclic) bond motifs is 2. The van der Waals surface area contributed by atoms with E-state index in [0.717, 1.165) is 17.5 Å². The van der Waals surface area contributed by atoms with Gasteiger partial charge in [-0.2, -0.15) is 0 Å². The molecule has 28 heavy (non-hydrogen) atoms. The molecule has 1 aliphatic heterocycles. The van der Waals surface area contributed by atoms with Gasteiger partial charge in [-0.05, 0) is 41.2 Å². The summed E-state index contributed by atoms with van der Waals surface area (Å²) in [6.45, 7) is 17.6. The van der Waals surface area contributed by atoms with Gasteiger partial charge in [0.2, 0.25) is 5.91 Å². The SMILES string of the molecule is Cc1c(C(N)=O)cc2c(c1-c1cccc3c1C=CC3)[Si](C)(C)[Si](C)(C)[Si]2(C)C. The van der Waals surface area contributed by atoms with Gasteiger partial charge in [0.05, 0.1) is 15.2 Å². The molecule has 0 bridgehead atoms. The lowest BCUT2D eigenvalue weighted by molar-refractivity contribution is 0.1000. The Morgan fingerprint density at radius 2 is 1.71 bits per heavy atom. The van der Waals surface area contributed by atoms with Crippen molar-refractivity contribution in [3.63, 3.8) is 0 Å². The zero-order valence-corrected chi connectivity index (χ0v) is 21.2. The molecule has 1 amide bonds. The van der Waals surface area contributed by atoms with E-state index in [1.54, 1.807) is 5.19 Å². The molecule has 0 spiro atoms. The minimum Gasteiger partial charge on any atom is -0.366 e. The largest absolute Gasteiger partial charge is 0.366 e. The molecule has 0 atom stereocenters. The van der Waals surface area contributed by atoms with E-state index in [1.165, 1.54) is 27.4 Å². The highest BCUT2D eigenvalue weighted by atomic mass is 29.6. The summed E-state index contributed by atoms with van der Waals surface area (Å²) in [5.41, 5.74) is 13.1. The van der Waals surface area contributed by atoms with Crippen molar-refractivity contribution in [2.24, 2.45) is 5.73 Å². The second-order valence-corrected chi connectivity index (χ2v) is 37.4. The Bertz CT molecular complexity index is 1060. The molecule has 0 saturated carbocycles. The average Bonchev–Trinajstić information content (AvgIpc) is 3.12. The molecule has 0 fully saturated rings. The number of carbonyl (C=O) groups is 1. The fraction of sp³-hybridized carbons (Fsp3) is 0.348. The molecular formula is C23H31NOSi3. The van der Waals surface area contributed by atoms with Crippen LogP contribution in [0, 0.1) is 6.92 Å². The predicted molar refractivity (Wildman–Crippen MR) is 130 cm³/mol. The maximum Gasteiger partial charge on any atom is 0.248 e. The second kappa shape index (κ2) is 5.91. The minimum atomic E-state index is -1.65. The van der Waals surface area contributed by atoms with Crippen LogP contribution in [-0.2, 0) is 6.42 Å². The van der Waals surface area contributed by atoms with Crippen LogP contribution in [-0.4, -0.2) is 28.2 Å². The van der Waals surface area contributed by atoms with Gasteiger partial charge in [0.25, 0.3) is 0 Å². The van der Waals surface area contributed by atoms with E-state index in [0.29, 0.717) is 0 Å². The lowest BCUT2D eigenvalue weighted by atomic mass is 9.91. The number of primary amides is 1. The molecule has 2 aromatic rings. The molecular weight excluding hydrogens is 391 g/mol. The minimum absolute atomic E-state index is 0.291. The van der Waals surface area contributed by atoms with E-state index in [2.05, 4.69) is 82.6 Å². The summed E-state index contributed by atoms with van der Waals surface area (Å²) < 4.78 is 0. The summed E-state index contributed by atoms with van der Waals surface area (Å²) in [5, 5.41) is 3.16. The standard InChI is InChI=1S/C23H31NOSi3/c1-15-19(23(24)25)14-20-22(27(4,5)28(6,7)26(20,2)3)21(15)18-13-9-11-16-10-8-12-17(16)18/h8-9,11-14H,10H2,1-7H3,(H2,24,25). The molecule has 2 aromatic carbocycles. The quantitative estimate of drug-likeness (QED) is 0.731. The number of rotatable bonds is 2. The lowest BCUT2D eigenvalue weighted by Gasteiger charge is -2.40. The summed E-state index contributed by atoms with van der Waals surface area (Å²) >= 11 is 0. The molecule has 146 valence electrons. The Morgan fingerprint density at radius 3 is 2.36 bits per heavy atom. The van der Waals surface area contributed by atoms with Gasteiger partial charge in [0.1, 0.15) is 0 Å². The fourth-order valence-corrected chi connectivity index (χ4v) is 40.2. The predicted octanol–water partition coefficient (Wildman–Crippen LogP) is 4.04. The Kier molecular flexibility index (Phi) is 4.14. The number of allylic oxidation sites excluding steroid dienone is 1. The van der Waals surface area contributed by atoms with Gasteiger partial charge in [0, 0.05) is 12.7 Å². The molecule has 1 heterocycles. The summed E-state index contributed by atoms with van der Waals surface area (Å²) in [6.07, 6.45) is 5.52. The van der Waals surface area contributed by atoms with Crippen LogP contribution in [0.15, 0.2) is 30.3 Å². The third-order valence-corrected chi connectivity index (χ3v) is 49.9. The van der Waals surface area contributed by atoms with Crippen LogP contribution in [0.3, 0.4) is 0 Å². The molecule has 0 unspecified atom stereocenters. The number of benzene rings is 2. The van der Waals surface area contributed by atoms with E-state index in [1.807, 2.05) is 0 Å². The molecule has 2 nitrogen and oxygen atoms in total. The highest BCUT2D eigenvalue weighted by molar-refractivity contribution is 7.76. The number of carbonyl (C=O) groups excluding carboxylic acids is 1. The summed E-state index contributed by atoms with van der Waals surface area (Å²) in [5.74, 6) is -0.291. The summed E-state index contributed by atoms with van der Waals surface area (Å²) in [4.78, 5) is 12.4. The van der Waals surface area contributed by atoms with Crippen LogP contribution >= 0.6 is 0 Å². The van der Waals surface area contributed by atoms with Gasteiger partial charge >= 0.3 is 0 Å². The molecule has 1 aliphatic carbocycles. The van der Waals surface area contributed by atoms with E-state index in [9.17, 15) is 4.79 Å². The number of nitrogens with two attached hydrogens (primary N) is 1. The Balaban J connectivity index is 2.20. The van der Waals surface area contributed by atoms with Gasteiger partial charge in [0.15, 0.2) is 0 Å². The maximum absolute atomic E-state index is 12.4. The second-order valence-electron chi connectivity index (χ2n) is 10.1. The van der Waals surface area contributed by atoms with Crippen molar-refractivity contribution in [3.05, 3.63) is 52.6 Å². The summed E-state index contributed by atoms with van der Waals surface area (Å²) in [6, 6.07) is 8.87. The van der Waals surface area contributed by atoms with Crippen LogP contribution in [0.25, 0.3) is 17.2 Å². The van der Waals surface area contributed by atoms with Gasteiger partial charge in [-0.3, -0.25) is 4.79 Å². The zero-order valence-electron chi connectivity index (χ0n) is 18.2. The van der Waals surface area contributed by atoms with Gasteiger partial charge < -0.3 is 5.73 Å². The Labute approximate surface area is 171 Å². The number of hydrogen-bond acceptors (Lipinski definition) is 1. The highest BCUT2D eigenvalue weighted by Gasteiger charge is 2.61. The van der Waals surface area contributed by atoms with Gasteiger partial charge in [-0.15, -0.1) is 0 Å². The average molecular weight is 422 g/mol. The number of hydrogen-bond donors (Lipinski definition) is 1. The third kappa shape index (κ3) is 2.27. The van der Waals surface area contributed by atoms with Crippen molar-refractivity contribution in [1.82, 2.24) is 0 Å². The Hall–Kier alpha value is -1.70. The smallest absolute Gasteiger partial charge is 0.248 e. The fourth-order valence-electron chi connectivity index (χ4n) is 5.46. The van der Waals surface area contributed by atoms with E-state index < -0.39 is 22.3 Å². The molecule has 4 rings (SSSR count). The molecule has 2 aliphatic rings. The van der Waals surface area contributed by atoms with Crippen molar-refractivity contribution in [1.29, 1.82) is 0 Å². The molecule has 0 radical (unpaired) electrons. The Morgan fingerprint density at radius 1 is 1.04 bits per heavy atom. The van der Waals surface area contributed by atoms with Crippen molar-refractivity contribution in [2.45, 2.75) is 52.6 Å². The van der Waals surface area contributed by atoms with Crippen molar-refractivity contribution < 1.29 is 4.79 Å². The molecule has 0 saturated heterocycles. The number of amides is 1. The molecule has 0 aromatic heterocycles. The first-order chi connectivity index (χ1) is 12.9. The maximum atomic E-state index is 12.4. The van der Waals surface area contributed by atoms with Crippen LogP contribution in [0.5, 0.6) is 0 Å². The molecule has 5 heteroatoms. The van der Waals surface area contributed by atoms with Crippen LogP contribution in [0.1, 0.15) is 27.0 Å². The first kappa shape index (κ1) is 19.6. The highest BCUT2D eigenvalue weighted by Crippen LogP contribution is 2.40. The first-order valence-corrected chi connectivity index (χ1v) is 21.2. The monoisotopic (exact) mass is 421 g/mol. The van der Waals surface area contributed by atoms with Crippen molar-refractivity contribution >= 4 is 44.6 Å². The normalized spacial score (nSPS) is 20.1. The third-order valence-electron chi connectivity index (χ3n) is 8.36. The van der Waals surface area contributed by atoms with E-state index in [4.69, 9.17) is 5.73 Å². The van der Waals surface area contributed by atoms with Crippen LogP contribution < -0.4 is 16.1 Å². The van der Waals surface area contributed by atoms with Crippen LogP contribution in [0.4, 0.5) is 0 Å². The molecule has 2 N–H and O–H groups in total. The lowest BCUT2D eigenvalue weighted by Crippen LogP contribution is -2.68.